The van der Waals surface area contributed by atoms with Gasteiger partial charge in [-0.3, -0.25) is 9.59 Å². The number of carbonyl (C=O) groups is 2. The van der Waals surface area contributed by atoms with Crippen LogP contribution in [0.1, 0.15) is 23.6 Å². The van der Waals surface area contributed by atoms with Gasteiger partial charge in [-0.2, -0.15) is 0 Å². The molecule has 0 heterocycles. The van der Waals surface area contributed by atoms with E-state index in [1.54, 1.807) is 11.0 Å². The molecule has 152 valence electrons. The van der Waals surface area contributed by atoms with Gasteiger partial charge >= 0.3 is 0 Å². The Morgan fingerprint density at radius 1 is 0.867 bits per heavy atom. The van der Waals surface area contributed by atoms with Crippen molar-refractivity contribution in [3.05, 3.63) is 108 Å². The number of amides is 2. The van der Waals surface area contributed by atoms with E-state index in [0.717, 1.165) is 22.4 Å². The Morgan fingerprint density at radius 2 is 1.53 bits per heavy atom. The van der Waals surface area contributed by atoms with Crippen molar-refractivity contribution < 1.29 is 9.59 Å². The van der Waals surface area contributed by atoms with Crippen LogP contribution in [0.25, 0.3) is 6.08 Å². The monoisotopic (exact) mass is 398 g/mol. The molecule has 0 spiro atoms. The SMILES string of the molecule is CCNC(=O)Cc1cccc(N(Cc2ccccc2)C(=O)C=Cc2ccccc2)c1. The van der Waals surface area contributed by atoms with E-state index >= 15 is 0 Å². The summed E-state index contributed by atoms with van der Waals surface area (Å²) >= 11 is 0. The fourth-order valence-corrected chi connectivity index (χ4v) is 3.16. The summed E-state index contributed by atoms with van der Waals surface area (Å²) in [7, 11) is 0. The maximum Gasteiger partial charge on any atom is 0.251 e. The normalized spacial score (nSPS) is 10.7. The first-order valence-corrected chi connectivity index (χ1v) is 10.1. The summed E-state index contributed by atoms with van der Waals surface area (Å²) in [6.45, 7) is 2.94. The number of carbonyl (C=O) groups excluding carboxylic acids is 2. The molecule has 0 unspecified atom stereocenters. The summed E-state index contributed by atoms with van der Waals surface area (Å²) in [5, 5.41) is 2.81. The van der Waals surface area contributed by atoms with Crippen LogP contribution in [0.3, 0.4) is 0 Å². The second-order valence-corrected chi connectivity index (χ2v) is 6.95. The number of anilines is 1. The molecule has 1 N–H and O–H groups in total. The van der Waals surface area contributed by atoms with Crippen LogP contribution in [0.5, 0.6) is 0 Å². The third kappa shape index (κ3) is 6.17. The molecule has 0 atom stereocenters. The van der Waals surface area contributed by atoms with Gasteiger partial charge in [-0.05, 0) is 41.8 Å². The Kier molecular flexibility index (Phi) is 7.56. The van der Waals surface area contributed by atoms with Gasteiger partial charge in [0.05, 0.1) is 13.0 Å². The van der Waals surface area contributed by atoms with Crippen LogP contribution in [0.4, 0.5) is 5.69 Å². The van der Waals surface area contributed by atoms with Gasteiger partial charge < -0.3 is 10.2 Å². The van der Waals surface area contributed by atoms with Crippen LogP contribution in [-0.2, 0) is 22.6 Å². The zero-order chi connectivity index (χ0) is 21.2. The summed E-state index contributed by atoms with van der Waals surface area (Å²) in [4.78, 5) is 26.8. The van der Waals surface area contributed by atoms with Gasteiger partial charge in [0, 0.05) is 18.3 Å². The fourth-order valence-electron chi connectivity index (χ4n) is 3.16. The van der Waals surface area contributed by atoms with E-state index in [0.29, 0.717) is 13.1 Å². The number of nitrogens with one attached hydrogen (secondary N) is 1. The van der Waals surface area contributed by atoms with Gasteiger partial charge in [0.2, 0.25) is 5.91 Å². The van der Waals surface area contributed by atoms with E-state index in [9.17, 15) is 9.59 Å². The smallest absolute Gasteiger partial charge is 0.251 e. The second kappa shape index (κ2) is 10.8. The summed E-state index contributed by atoms with van der Waals surface area (Å²) in [6.07, 6.45) is 3.70. The Balaban J connectivity index is 1.86. The molecule has 4 heteroatoms. The van der Waals surface area contributed by atoms with Crippen LogP contribution in [0, 0.1) is 0 Å². The third-order valence-corrected chi connectivity index (χ3v) is 4.63. The van der Waals surface area contributed by atoms with Gasteiger partial charge in [0.1, 0.15) is 0 Å². The molecule has 2 amide bonds. The van der Waals surface area contributed by atoms with E-state index in [4.69, 9.17) is 0 Å². The first kappa shape index (κ1) is 21.1. The zero-order valence-electron chi connectivity index (χ0n) is 17.1. The maximum atomic E-state index is 13.1. The quantitative estimate of drug-likeness (QED) is 0.563. The molecule has 0 aromatic heterocycles. The van der Waals surface area contributed by atoms with Crippen molar-refractivity contribution in [2.24, 2.45) is 0 Å². The number of hydrogen-bond acceptors (Lipinski definition) is 2. The molecule has 0 aliphatic carbocycles. The van der Waals surface area contributed by atoms with Gasteiger partial charge in [-0.15, -0.1) is 0 Å². The molecule has 0 radical (unpaired) electrons. The van der Waals surface area contributed by atoms with Crippen LogP contribution in [0.15, 0.2) is 91.0 Å². The molecule has 3 rings (SSSR count). The molecule has 3 aromatic carbocycles. The van der Waals surface area contributed by atoms with E-state index < -0.39 is 0 Å². The molecule has 0 aliphatic rings. The average Bonchev–Trinajstić information content (AvgIpc) is 2.77. The Hall–Kier alpha value is -3.66. The number of rotatable bonds is 8. The van der Waals surface area contributed by atoms with Crippen molar-refractivity contribution in [1.29, 1.82) is 0 Å². The van der Waals surface area contributed by atoms with Crippen LogP contribution < -0.4 is 10.2 Å². The van der Waals surface area contributed by atoms with E-state index in [2.05, 4.69) is 5.32 Å². The summed E-state index contributed by atoms with van der Waals surface area (Å²) < 4.78 is 0. The summed E-state index contributed by atoms with van der Waals surface area (Å²) in [5.41, 5.74) is 3.64. The molecule has 30 heavy (non-hydrogen) atoms. The van der Waals surface area contributed by atoms with Crippen molar-refractivity contribution in [2.75, 3.05) is 11.4 Å². The first-order chi connectivity index (χ1) is 14.7. The largest absolute Gasteiger partial charge is 0.356 e. The van der Waals surface area contributed by atoms with Crippen molar-refractivity contribution in [1.82, 2.24) is 5.32 Å². The lowest BCUT2D eigenvalue weighted by Crippen LogP contribution is -2.29. The van der Waals surface area contributed by atoms with Crippen LogP contribution in [0.2, 0.25) is 0 Å². The maximum absolute atomic E-state index is 13.1. The predicted molar refractivity (Wildman–Crippen MR) is 122 cm³/mol. The molecule has 0 aliphatic heterocycles. The lowest BCUT2D eigenvalue weighted by Gasteiger charge is -2.22. The van der Waals surface area contributed by atoms with Gasteiger partial charge in [-0.25, -0.2) is 0 Å². The lowest BCUT2D eigenvalue weighted by atomic mass is 10.1. The topological polar surface area (TPSA) is 49.4 Å². The Labute approximate surface area is 177 Å². The minimum Gasteiger partial charge on any atom is -0.356 e. The summed E-state index contributed by atoms with van der Waals surface area (Å²) in [5.74, 6) is -0.141. The standard InChI is InChI=1S/C26H26N2O2/c1-2-27-25(29)19-23-14-9-15-24(18-23)28(20-22-12-7-4-8-13-22)26(30)17-16-21-10-5-3-6-11-21/h3-18H,2,19-20H2,1H3,(H,27,29). The molecule has 0 saturated carbocycles. The van der Waals surface area contributed by atoms with Crippen molar-refractivity contribution >= 4 is 23.6 Å². The Bertz CT molecular complexity index is 998. The van der Waals surface area contributed by atoms with Gasteiger partial charge in [-0.1, -0.05) is 72.8 Å². The van der Waals surface area contributed by atoms with E-state index in [1.807, 2.05) is 97.9 Å². The number of hydrogen-bond donors (Lipinski definition) is 1. The summed E-state index contributed by atoms with van der Waals surface area (Å²) in [6, 6.07) is 27.2. The van der Waals surface area contributed by atoms with E-state index in [-0.39, 0.29) is 18.2 Å². The lowest BCUT2D eigenvalue weighted by molar-refractivity contribution is -0.120. The highest BCUT2D eigenvalue weighted by molar-refractivity contribution is 6.03. The molecular formula is C26H26N2O2. The van der Waals surface area contributed by atoms with Gasteiger partial charge in [0.25, 0.3) is 5.91 Å². The minimum absolute atomic E-state index is 0.0282. The first-order valence-electron chi connectivity index (χ1n) is 10.1. The molecule has 0 saturated heterocycles. The molecule has 0 fully saturated rings. The third-order valence-electron chi connectivity index (χ3n) is 4.63. The van der Waals surface area contributed by atoms with Crippen molar-refractivity contribution in [3.8, 4) is 0 Å². The van der Waals surface area contributed by atoms with Crippen molar-refractivity contribution in [3.63, 3.8) is 0 Å². The minimum atomic E-state index is -0.113. The zero-order valence-corrected chi connectivity index (χ0v) is 17.1. The van der Waals surface area contributed by atoms with Crippen molar-refractivity contribution in [2.45, 2.75) is 19.9 Å². The molecular weight excluding hydrogens is 372 g/mol. The molecule has 0 bridgehead atoms. The van der Waals surface area contributed by atoms with Crippen LogP contribution >= 0.6 is 0 Å². The van der Waals surface area contributed by atoms with Crippen LogP contribution in [-0.4, -0.2) is 18.4 Å². The predicted octanol–water partition coefficient (Wildman–Crippen LogP) is 4.61. The number of benzene rings is 3. The molecule has 3 aromatic rings. The number of nitrogens with zero attached hydrogens (tertiary/aromatic N) is 1. The van der Waals surface area contributed by atoms with Gasteiger partial charge in [0.15, 0.2) is 0 Å². The highest BCUT2D eigenvalue weighted by Gasteiger charge is 2.15. The average molecular weight is 399 g/mol. The molecule has 4 nitrogen and oxygen atoms in total. The fraction of sp³-hybridized carbons (Fsp3) is 0.154. The number of likely N-dealkylation sites (N-methyl/N-ethyl adjacent to an activating group) is 1. The Morgan fingerprint density at radius 3 is 2.23 bits per heavy atom. The highest BCUT2D eigenvalue weighted by Crippen LogP contribution is 2.20. The van der Waals surface area contributed by atoms with E-state index in [1.165, 1.54) is 0 Å². The second-order valence-electron chi connectivity index (χ2n) is 6.95. The highest BCUT2D eigenvalue weighted by atomic mass is 16.2.